The molecule has 1 amide bonds. The Morgan fingerprint density at radius 3 is 2.48 bits per heavy atom. The van der Waals surface area contributed by atoms with Gasteiger partial charge in [0, 0.05) is 25.8 Å². The molecule has 23 heavy (non-hydrogen) atoms. The SMILES string of the molecule is CCN(CC)C(=O)c1ccnc(NCc2ccc(OC)cc2)n1. The highest BCUT2D eigenvalue weighted by Crippen LogP contribution is 2.12. The van der Waals surface area contributed by atoms with E-state index in [9.17, 15) is 4.79 Å². The minimum Gasteiger partial charge on any atom is -0.497 e. The first-order chi connectivity index (χ1) is 11.2. The average molecular weight is 314 g/mol. The van der Waals surface area contributed by atoms with Crippen LogP contribution in [-0.2, 0) is 6.54 Å². The van der Waals surface area contributed by atoms with Crippen molar-refractivity contribution in [1.82, 2.24) is 14.9 Å². The molecule has 1 heterocycles. The van der Waals surface area contributed by atoms with Gasteiger partial charge < -0.3 is 15.0 Å². The lowest BCUT2D eigenvalue weighted by molar-refractivity contribution is 0.0767. The second-order valence-electron chi connectivity index (χ2n) is 4.94. The lowest BCUT2D eigenvalue weighted by atomic mass is 10.2. The quantitative estimate of drug-likeness (QED) is 0.851. The standard InChI is InChI=1S/C17H22N4O2/c1-4-21(5-2)16(22)15-10-11-18-17(20-15)19-12-13-6-8-14(23-3)9-7-13/h6-11H,4-5,12H2,1-3H3,(H,18,19,20). The summed E-state index contributed by atoms with van der Waals surface area (Å²) in [6.45, 7) is 5.80. The summed E-state index contributed by atoms with van der Waals surface area (Å²) in [5.74, 6) is 1.18. The third-order valence-corrected chi connectivity index (χ3v) is 3.54. The smallest absolute Gasteiger partial charge is 0.272 e. The van der Waals surface area contributed by atoms with Crippen LogP contribution in [0.25, 0.3) is 0 Å². The summed E-state index contributed by atoms with van der Waals surface area (Å²) in [6.07, 6.45) is 1.60. The number of rotatable bonds is 7. The van der Waals surface area contributed by atoms with Gasteiger partial charge in [-0.15, -0.1) is 0 Å². The first-order valence-electron chi connectivity index (χ1n) is 7.67. The number of nitrogens with zero attached hydrogens (tertiary/aromatic N) is 3. The summed E-state index contributed by atoms with van der Waals surface area (Å²) in [4.78, 5) is 22.5. The van der Waals surface area contributed by atoms with Crippen LogP contribution in [0, 0.1) is 0 Å². The van der Waals surface area contributed by atoms with Gasteiger partial charge >= 0.3 is 0 Å². The van der Waals surface area contributed by atoms with Crippen LogP contribution in [0.3, 0.4) is 0 Å². The van der Waals surface area contributed by atoms with Gasteiger partial charge in [0.2, 0.25) is 5.95 Å². The molecule has 0 aliphatic rings. The summed E-state index contributed by atoms with van der Waals surface area (Å²) in [5.41, 5.74) is 1.48. The summed E-state index contributed by atoms with van der Waals surface area (Å²) in [5, 5.41) is 3.13. The molecule has 1 aromatic heterocycles. The Morgan fingerprint density at radius 2 is 1.87 bits per heavy atom. The molecule has 0 unspecified atom stereocenters. The van der Waals surface area contributed by atoms with Crippen LogP contribution in [0.4, 0.5) is 5.95 Å². The average Bonchev–Trinajstić information content (AvgIpc) is 2.61. The fraction of sp³-hybridized carbons (Fsp3) is 0.353. The molecule has 6 heteroatoms. The molecule has 2 aromatic rings. The van der Waals surface area contributed by atoms with Crippen LogP contribution in [0.1, 0.15) is 29.9 Å². The maximum Gasteiger partial charge on any atom is 0.272 e. The van der Waals surface area contributed by atoms with Crippen molar-refractivity contribution in [3.05, 3.63) is 47.8 Å². The highest BCUT2D eigenvalue weighted by molar-refractivity contribution is 5.92. The van der Waals surface area contributed by atoms with E-state index in [4.69, 9.17) is 4.74 Å². The number of hydrogen-bond acceptors (Lipinski definition) is 5. The molecule has 0 atom stereocenters. The van der Waals surface area contributed by atoms with Crippen molar-refractivity contribution >= 4 is 11.9 Å². The minimum absolute atomic E-state index is 0.0788. The number of methoxy groups -OCH3 is 1. The number of nitrogens with one attached hydrogen (secondary N) is 1. The van der Waals surface area contributed by atoms with Crippen molar-refractivity contribution in [1.29, 1.82) is 0 Å². The number of carbonyl (C=O) groups is 1. The van der Waals surface area contributed by atoms with Crippen LogP contribution >= 0.6 is 0 Å². The van der Waals surface area contributed by atoms with Gasteiger partial charge in [0.05, 0.1) is 7.11 Å². The highest BCUT2D eigenvalue weighted by Gasteiger charge is 2.14. The van der Waals surface area contributed by atoms with Gasteiger partial charge in [-0.2, -0.15) is 0 Å². The number of anilines is 1. The second-order valence-corrected chi connectivity index (χ2v) is 4.94. The molecule has 1 N–H and O–H groups in total. The maximum absolute atomic E-state index is 12.3. The predicted octanol–water partition coefficient (Wildman–Crippen LogP) is 2.58. The van der Waals surface area contributed by atoms with Gasteiger partial charge in [-0.3, -0.25) is 4.79 Å². The summed E-state index contributed by atoms with van der Waals surface area (Å²) in [7, 11) is 1.64. The third-order valence-electron chi connectivity index (χ3n) is 3.54. The molecular weight excluding hydrogens is 292 g/mol. The van der Waals surface area contributed by atoms with E-state index >= 15 is 0 Å². The monoisotopic (exact) mass is 314 g/mol. The van der Waals surface area contributed by atoms with Crippen LogP contribution in [0.15, 0.2) is 36.5 Å². The molecule has 1 aromatic carbocycles. The number of carbonyl (C=O) groups excluding carboxylic acids is 1. The van der Waals surface area contributed by atoms with E-state index in [0.717, 1.165) is 11.3 Å². The predicted molar refractivity (Wildman–Crippen MR) is 89.6 cm³/mol. The lowest BCUT2D eigenvalue weighted by Crippen LogP contribution is -2.31. The van der Waals surface area contributed by atoms with E-state index in [-0.39, 0.29) is 5.91 Å². The van der Waals surface area contributed by atoms with Crippen molar-refractivity contribution < 1.29 is 9.53 Å². The zero-order valence-electron chi connectivity index (χ0n) is 13.7. The van der Waals surface area contributed by atoms with E-state index in [1.165, 1.54) is 0 Å². The largest absolute Gasteiger partial charge is 0.497 e. The van der Waals surface area contributed by atoms with Crippen LogP contribution in [-0.4, -0.2) is 41.0 Å². The number of benzene rings is 1. The van der Waals surface area contributed by atoms with Crippen molar-refractivity contribution in [2.45, 2.75) is 20.4 Å². The topological polar surface area (TPSA) is 67.4 Å². The third kappa shape index (κ3) is 4.42. The van der Waals surface area contributed by atoms with Crippen molar-refractivity contribution in [3.8, 4) is 5.75 Å². The summed E-state index contributed by atoms with van der Waals surface area (Å²) in [6, 6.07) is 9.38. The molecule has 122 valence electrons. The van der Waals surface area contributed by atoms with Crippen molar-refractivity contribution in [3.63, 3.8) is 0 Å². The molecule has 0 bridgehead atoms. The Balaban J connectivity index is 2.03. The second kappa shape index (κ2) is 8.12. The van der Waals surface area contributed by atoms with Crippen molar-refractivity contribution in [2.75, 3.05) is 25.5 Å². The van der Waals surface area contributed by atoms with Gasteiger partial charge in [-0.25, -0.2) is 9.97 Å². The molecule has 0 radical (unpaired) electrons. The number of aromatic nitrogens is 2. The Bertz CT molecular complexity index is 639. The van der Waals surface area contributed by atoms with Gasteiger partial charge in [0.15, 0.2) is 0 Å². The van der Waals surface area contributed by atoms with E-state index in [1.807, 2.05) is 38.1 Å². The zero-order chi connectivity index (χ0) is 16.7. The fourth-order valence-corrected chi connectivity index (χ4v) is 2.16. The Morgan fingerprint density at radius 1 is 1.17 bits per heavy atom. The van der Waals surface area contributed by atoms with E-state index in [1.54, 1.807) is 24.3 Å². The Kier molecular flexibility index (Phi) is 5.91. The van der Waals surface area contributed by atoms with Crippen LogP contribution in [0.5, 0.6) is 5.75 Å². The Hall–Kier alpha value is -2.63. The van der Waals surface area contributed by atoms with Crippen molar-refractivity contribution in [2.24, 2.45) is 0 Å². The summed E-state index contributed by atoms with van der Waals surface area (Å²) >= 11 is 0. The molecule has 0 saturated carbocycles. The number of ether oxygens (including phenoxy) is 1. The maximum atomic E-state index is 12.3. The molecule has 0 spiro atoms. The zero-order valence-corrected chi connectivity index (χ0v) is 13.7. The molecule has 6 nitrogen and oxygen atoms in total. The van der Waals surface area contributed by atoms with Gasteiger partial charge in [0.1, 0.15) is 11.4 Å². The van der Waals surface area contributed by atoms with Crippen LogP contribution in [0.2, 0.25) is 0 Å². The first kappa shape index (κ1) is 16.7. The normalized spacial score (nSPS) is 10.2. The Labute approximate surface area is 136 Å². The first-order valence-corrected chi connectivity index (χ1v) is 7.67. The minimum atomic E-state index is -0.0788. The van der Waals surface area contributed by atoms with E-state index in [0.29, 0.717) is 31.3 Å². The number of hydrogen-bond donors (Lipinski definition) is 1. The van der Waals surface area contributed by atoms with E-state index in [2.05, 4.69) is 15.3 Å². The molecular formula is C17H22N4O2. The molecule has 2 rings (SSSR count). The van der Waals surface area contributed by atoms with E-state index < -0.39 is 0 Å². The van der Waals surface area contributed by atoms with Crippen LogP contribution < -0.4 is 10.1 Å². The molecule has 0 fully saturated rings. The molecule has 0 aliphatic carbocycles. The molecule has 0 aliphatic heterocycles. The lowest BCUT2D eigenvalue weighted by Gasteiger charge is -2.18. The molecule has 0 saturated heterocycles. The number of amides is 1. The van der Waals surface area contributed by atoms with Gasteiger partial charge in [-0.1, -0.05) is 12.1 Å². The van der Waals surface area contributed by atoms with Gasteiger partial charge in [0.25, 0.3) is 5.91 Å². The highest BCUT2D eigenvalue weighted by atomic mass is 16.5. The fourth-order valence-electron chi connectivity index (χ4n) is 2.16. The summed E-state index contributed by atoms with van der Waals surface area (Å²) < 4.78 is 5.13. The van der Waals surface area contributed by atoms with Gasteiger partial charge in [-0.05, 0) is 37.6 Å².